The quantitative estimate of drug-likeness (QED) is 0.641. The van der Waals surface area contributed by atoms with Crippen molar-refractivity contribution in [2.24, 2.45) is 0 Å². The summed E-state index contributed by atoms with van der Waals surface area (Å²) in [5, 5.41) is 3.45. The fourth-order valence-electron chi connectivity index (χ4n) is 3.04. The molecule has 1 amide bonds. The number of carbonyl (C=O) groups is 1. The molecule has 0 spiro atoms. The van der Waals surface area contributed by atoms with Crippen LogP contribution in [0.5, 0.6) is 0 Å². The van der Waals surface area contributed by atoms with Crippen LogP contribution in [0.25, 0.3) is 16.6 Å². The molecule has 1 unspecified atom stereocenters. The van der Waals surface area contributed by atoms with Crippen LogP contribution in [-0.4, -0.2) is 35.3 Å². The average Bonchev–Trinajstić information content (AvgIpc) is 2.68. The van der Waals surface area contributed by atoms with Gasteiger partial charge in [0.05, 0.1) is 23.2 Å². The molecule has 28 heavy (non-hydrogen) atoms. The highest BCUT2D eigenvalue weighted by molar-refractivity contribution is 6.30. The lowest BCUT2D eigenvalue weighted by Gasteiger charge is -2.19. The number of hydrogen-bond donors (Lipinski definition) is 1. The van der Waals surface area contributed by atoms with Crippen LogP contribution < -0.4 is 16.6 Å². The van der Waals surface area contributed by atoms with Gasteiger partial charge < -0.3 is 10.1 Å². The Hall–Kier alpha value is -2.90. The van der Waals surface area contributed by atoms with Crippen molar-refractivity contribution in [2.75, 3.05) is 20.3 Å². The number of hydrogen-bond acceptors (Lipinski definition) is 4. The number of nitrogens with zero attached hydrogens (tertiary/aromatic N) is 2. The van der Waals surface area contributed by atoms with Gasteiger partial charge in [0, 0.05) is 18.7 Å². The highest BCUT2D eigenvalue weighted by Crippen LogP contribution is 2.16. The molecule has 3 aromatic rings. The van der Waals surface area contributed by atoms with E-state index in [2.05, 4.69) is 5.32 Å². The predicted octanol–water partition coefficient (Wildman–Crippen LogP) is 2.13. The number of rotatable bonds is 6. The molecule has 1 atom stereocenters. The maximum atomic E-state index is 13.3. The van der Waals surface area contributed by atoms with Gasteiger partial charge in [-0.25, -0.2) is 9.36 Å². The SMILES string of the molecule is COCCNC(=O)C(C)n1c(=O)n(-c2cccc(Cl)c2)c(=O)c2ccccc21. The van der Waals surface area contributed by atoms with Crippen molar-refractivity contribution in [3.8, 4) is 5.69 Å². The van der Waals surface area contributed by atoms with E-state index in [9.17, 15) is 14.4 Å². The second kappa shape index (κ2) is 8.41. The van der Waals surface area contributed by atoms with E-state index in [0.29, 0.717) is 34.8 Å². The molecule has 146 valence electrons. The van der Waals surface area contributed by atoms with Crippen molar-refractivity contribution in [2.45, 2.75) is 13.0 Å². The molecule has 3 rings (SSSR count). The highest BCUT2D eigenvalue weighted by atomic mass is 35.5. The molecule has 0 aliphatic carbocycles. The van der Waals surface area contributed by atoms with E-state index >= 15 is 0 Å². The second-order valence-electron chi connectivity index (χ2n) is 6.25. The molecule has 1 aromatic heterocycles. The Morgan fingerprint density at radius 1 is 1.18 bits per heavy atom. The van der Waals surface area contributed by atoms with Crippen LogP contribution in [0.4, 0.5) is 0 Å². The molecule has 7 nitrogen and oxygen atoms in total. The van der Waals surface area contributed by atoms with Crippen LogP contribution >= 0.6 is 11.6 Å². The van der Waals surface area contributed by atoms with Crippen molar-refractivity contribution in [1.29, 1.82) is 0 Å². The molecule has 0 saturated heterocycles. The molecule has 8 heteroatoms. The van der Waals surface area contributed by atoms with Crippen molar-refractivity contribution >= 4 is 28.4 Å². The largest absolute Gasteiger partial charge is 0.383 e. The average molecular weight is 402 g/mol. The van der Waals surface area contributed by atoms with Gasteiger partial charge in [0.1, 0.15) is 6.04 Å². The Bertz CT molecular complexity index is 1140. The molecule has 0 aliphatic rings. The number of benzene rings is 2. The van der Waals surface area contributed by atoms with Crippen LogP contribution in [-0.2, 0) is 9.53 Å². The summed E-state index contributed by atoms with van der Waals surface area (Å²) < 4.78 is 7.29. The topological polar surface area (TPSA) is 82.3 Å². The number of aromatic nitrogens is 2. The van der Waals surface area contributed by atoms with E-state index in [1.165, 1.54) is 17.7 Å². The monoisotopic (exact) mass is 401 g/mol. The van der Waals surface area contributed by atoms with Crippen molar-refractivity contribution in [3.63, 3.8) is 0 Å². The van der Waals surface area contributed by atoms with Crippen molar-refractivity contribution in [3.05, 3.63) is 74.4 Å². The minimum absolute atomic E-state index is 0.320. The van der Waals surface area contributed by atoms with Crippen LogP contribution in [0.1, 0.15) is 13.0 Å². The molecular weight excluding hydrogens is 382 g/mol. The van der Waals surface area contributed by atoms with Gasteiger partial charge >= 0.3 is 5.69 Å². The molecule has 1 heterocycles. The van der Waals surface area contributed by atoms with Gasteiger partial charge in [-0.15, -0.1) is 0 Å². The predicted molar refractivity (Wildman–Crippen MR) is 108 cm³/mol. The van der Waals surface area contributed by atoms with Crippen LogP contribution in [0.3, 0.4) is 0 Å². The Kier molecular flexibility index (Phi) is 5.96. The first kappa shape index (κ1) is 19.9. The number of methoxy groups -OCH3 is 1. The molecule has 1 N–H and O–H groups in total. The number of para-hydroxylation sites is 1. The maximum Gasteiger partial charge on any atom is 0.336 e. The molecule has 2 aromatic carbocycles. The van der Waals surface area contributed by atoms with Gasteiger partial charge in [-0.3, -0.25) is 14.2 Å². The lowest BCUT2D eigenvalue weighted by atomic mass is 10.2. The maximum absolute atomic E-state index is 13.3. The van der Waals surface area contributed by atoms with Gasteiger partial charge in [0.15, 0.2) is 0 Å². The van der Waals surface area contributed by atoms with E-state index in [-0.39, 0.29) is 5.91 Å². The molecule has 0 radical (unpaired) electrons. The third kappa shape index (κ3) is 3.72. The number of halogens is 1. The van der Waals surface area contributed by atoms with E-state index in [0.717, 1.165) is 4.57 Å². The Morgan fingerprint density at radius 2 is 1.93 bits per heavy atom. The summed E-state index contributed by atoms with van der Waals surface area (Å²) in [6.07, 6.45) is 0. The summed E-state index contributed by atoms with van der Waals surface area (Å²) in [6, 6.07) is 12.3. The van der Waals surface area contributed by atoms with Gasteiger partial charge in [0.25, 0.3) is 5.56 Å². The number of amides is 1. The first-order chi connectivity index (χ1) is 13.5. The van der Waals surface area contributed by atoms with Gasteiger partial charge in [-0.05, 0) is 37.3 Å². The minimum atomic E-state index is -0.833. The summed E-state index contributed by atoms with van der Waals surface area (Å²) in [5.41, 5.74) is -0.342. The first-order valence-electron chi connectivity index (χ1n) is 8.74. The van der Waals surface area contributed by atoms with Gasteiger partial charge in [-0.1, -0.05) is 29.8 Å². The van der Waals surface area contributed by atoms with Crippen LogP contribution in [0.2, 0.25) is 5.02 Å². The molecular formula is C20H20ClN3O4. The minimum Gasteiger partial charge on any atom is -0.383 e. The fourth-order valence-corrected chi connectivity index (χ4v) is 3.23. The van der Waals surface area contributed by atoms with Crippen LogP contribution in [0.15, 0.2) is 58.1 Å². The Labute approximate surface area is 166 Å². The third-order valence-corrected chi connectivity index (χ3v) is 4.67. The normalized spacial score (nSPS) is 12.1. The fraction of sp³-hybridized carbons (Fsp3) is 0.250. The summed E-state index contributed by atoms with van der Waals surface area (Å²) in [4.78, 5) is 38.8. The van der Waals surface area contributed by atoms with E-state index < -0.39 is 17.3 Å². The summed E-state index contributed by atoms with van der Waals surface area (Å²) >= 11 is 6.04. The Morgan fingerprint density at radius 3 is 2.64 bits per heavy atom. The zero-order chi connectivity index (χ0) is 20.3. The van der Waals surface area contributed by atoms with Crippen LogP contribution in [0, 0.1) is 0 Å². The summed E-state index contributed by atoms with van der Waals surface area (Å²) in [5.74, 6) is -0.347. The molecule has 0 fully saturated rings. The standard InChI is InChI=1S/C20H20ClN3O4/c1-13(18(25)22-10-11-28-2)23-17-9-4-3-8-16(17)19(26)24(20(23)27)15-7-5-6-14(21)12-15/h3-9,12-13H,10-11H2,1-2H3,(H,22,25). The van der Waals surface area contributed by atoms with Gasteiger partial charge in [0.2, 0.25) is 5.91 Å². The van der Waals surface area contributed by atoms with E-state index in [1.807, 2.05) is 0 Å². The molecule has 0 saturated carbocycles. The van der Waals surface area contributed by atoms with Gasteiger partial charge in [-0.2, -0.15) is 0 Å². The summed E-state index contributed by atoms with van der Waals surface area (Å²) in [7, 11) is 1.54. The molecule has 0 bridgehead atoms. The number of nitrogens with one attached hydrogen (secondary N) is 1. The molecule has 0 aliphatic heterocycles. The highest BCUT2D eigenvalue weighted by Gasteiger charge is 2.22. The smallest absolute Gasteiger partial charge is 0.336 e. The van der Waals surface area contributed by atoms with E-state index in [1.54, 1.807) is 49.4 Å². The first-order valence-corrected chi connectivity index (χ1v) is 9.12. The third-order valence-electron chi connectivity index (χ3n) is 4.43. The zero-order valence-electron chi connectivity index (χ0n) is 15.5. The number of ether oxygens (including phenoxy) is 1. The number of carbonyl (C=O) groups excluding carboxylic acids is 1. The lowest BCUT2D eigenvalue weighted by molar-refractivity contribution is -0.124. The zero-order valence-corrected chi connectivity index (χ0v) is 16.3. The lowest BCUT2D eigenvalue weighted by Crippen LogP contribution is -2.44. The number of fused-ring (bicyclic) bond motifs is 1. The van der Waals surface area contributed by atoms with Crippen molar-refractivity contribution < 1.29 is 9.53 Å². The van der Waals surface area contributed by atoms with E-state index in [4.69, 9.17) is 16.3 Å². The van der Waals surface area contributed by atoms with Crippen molar-refractivity contribution in [1.82, 2.24) is 14.5 Å². The second-order valence-corrected chi connectivity index (χ2v) is 6.69. The summed E-state index contributed by atoms with van der Waals surface area (Å²) in [6.45, 7) is 2.29. The Balaban J connectivity index is 2.24.